The van der Waals surface area contributed by atoms with E-state index in [1.807, 2.05) is 6.92 Å². The SMILES string of the molecule is CCCc1noc(CCCC(=O)N2[C@@H]3CC[C@@H](C3)CS2(=O)=O)n1. The third-order valence-electron chi connectivity index (χ3n) is 4.60. The van der Waals surface area contributed by atoms with Gasteiger partial charge in [-0.1, -0.05) is 12.1 Å². The molecule has 1 saturated carbocycles. The minimum atomic E-state index is -3.42. The first-order valence-corrected chi connectivity index (χ1v) is 9.97. The quantitative estimate of drug-likeness (QED) is 0.781. The molecule has 1 aromatic rings. The van der Waals surface area contributed by atoms with Crippen LogP contribution in [0.15, 0.2) is 4.52 Å². The second-order valence-electron chi connectivity index (χ2n) is 6.51. The van der Waals surface area contributed by atoms with Crippen molar-refractivity contribution in [1.29, 1.82) is 0 Å². The molecular formula is C15H23N3O4S. The van der Waals surface area contributed by atoms with E-state index < -0.39 is 10.0 Å². The normalized spacial score (nSPS) is 25.7. The molecule has 8 heteroatoms. The van der Waals surface area contributed by atoms with Crippen molar-refractivity contribution in [2.24, 2.45) is 5.92 Å². The molecule has 2 atom stereocenters. The number of fused-ring (bicyclic) bond motifs is 2. The van der Waals surface area contributed by atoms with Crippen molar-refractivity contribution in [1.82, 2.24) is 14.4 Å². The summed E-state index contributed by atoms with van der Waals surface area (Å²) in [6.07, 6.45) is 5.50. The topological polar surface area (TPSA) is 93.4 Å². The number of nitrogens with zero attached hydrogens (tertiary/aromatic N) is 3. The van der Waals surface area contributed by atoms with Crippen LogP contribution in [0.25, 0.3) is 0 Å². The maximum atomic E-state index is 12.4. The van der Waals surface area contributed by atoms with E-state index in [2.05, 4.69) is 10.1 Å². The first kappa shape index (κ1) is 16.4. The lowest BCUT2D eigenvalue weighted by Gasteiger charge is -2.32. The number of rotatable bonds is 6. The molecule has 1 amide bonds. The Morgan fingerprint density at radius 3 is 2.96 bits per heavy atom. The Balaban J connectivity index is 1.54. The van der Waals surface area contributed by atoms with Gasteiger partial charge in [-0.05, 0) is 38.0 Å². The molecule has 1 aliphatic heterocycles. The molecule has 2 heterocycles. The zero-order valence-corrected chi connectivity index (χ0v) is 14.2. The van der Waals surface area contributed by atoms with Gasteiger partial charge in [-0.25, -0.2) is 12.7 Å². The maximum absolute atomic E-state index is 12.4. The van der Waals surface area contributed by atoms with Crippen LogP contribution in [0.5, 0.6) is 0 Å². The number of carbonyl (C=O) groups is 1. The third kappa shape index (κ3) is 3.57. The van der Waals surface area contributed by atoms with Gasteiger partial charge in [-0.3, -0.25) is 4.79 Å². The number of hydrogen-bond acceptors (Lipinski definition) is 6. The summed E-state index contributed by atoms with van der Waals surface area (Å²) < 4.78 is 30.8. The first-order valence-electron chi connectivity index (χ1n) is 8.36. The van der Waals surface area contributed by atoms with Gasteiger partial charge in [0, 0.05) is 25.3 Å². The molecule has 128 valence electrons. The van der Waals surface area contributed by atoms with Crippen molar-refractivity contribution in [2.45, 2.75) is 64.3 Å². The highest BCUT2D eigenvalue weighted by Crippen LogP contribution is 2.37. The number of aryl methyl sites for hydroxylation is 2. The average molecular weight is 341 g/mol. The minimum Gasteiger partial charge on any atom is -0.339 e. The van der Waals surface area contributed by atoms with Crippen molar-refractivity contribution in [2.75, 3.05) is 5.75 Å². The van der Waals surface area contributed by atoms with E-state index in [9.17, 15) is 13.2 Å². The number of amides is 1. The Kier molecular flexibility index (Phi) is 4.70. The predicted octanol–water partition coefficient (Wildman–Crippen LogP) is 1.69. The van der Waals surface area contributed by atoms with Crippen LogP contribution in [0.2, 0.25) is 0 Å². The van der Waals surface area contributed by atoms with Crippen molar-refractivity contribution in [3.05, 3.63) is 11.7 Å². The molecule has 0 radical (unpaired) electrons. The molecule has 2 aliphatic rings. The second-order valence-corrected chi connectivity index (χ2v) is 8.40. The van der Waals surface area contributed by atoms with Gasteiger partial charge in [0.25, 0.3) is 0 Å². The smallest absolute Gasteiger partial charge is 0.237 e. The van der Waals surface area contributed by atoms with Crippen molar-refractivity contribution in [3.8, 4) is 0 Å². The molecular weight excluding hydrogens is 318 g/mol. The fourth-order valence-corrected chi connectivity index (χ4v) is 5.70. The Labute approximate surface area is 136 Å². The van der Waals surface area contributed by atoms with Gasteiger partial charge in [0.2, 0.25) is 21.8 Å². The summed E-state index contributed by atoms with van der Waals surface area (Å²) in [5, 5.41) is 3.87. The average Bonchev–Trinajstić information content (AvgIpc) is 3.06. The molecule has 0 aromatic carbocycles. The van der Waals surface area contributed by atoms with Crippen molar-refractivity contribution in [3.63, 3.8) is 0 Å². The molecule has 1 saturated heterocycles. The van der Waals surface area contributed by atoms with E-state index in [1.165, 1.54) is 0 Å². The van der Waals surface area contributed by atoms with Crippen LogP contribution in [-0.2, 0) is 27.7 Å². The molecule has 0 spiro atoms. The van der Waals surface area contributed by atoms with Gasteiger partial charge >= 0.3 is 0 Å². The molecule has 0 unspecified atom stereocenters. The number of hydrogen-bond donors (Lipinski definition) is 0. The maximum Gasteiger partial charge on any atom is 0.237 e. The van der Waals surface area contributed by atoms with Crippen LogP contribution in [0, 0.1) is 5.92 Å². The predicted molar refractivity (Wildman–Crippen MR) is 83.0 cm³/mol. The summed E-state index contributed by atoms with van der Waals surface area (Å²) in [5.41, 5.74) is 0. The third-order valence-corrected chi connectivity index (χ3v) is 6.60. The van der Waals surface area contributed by atoms with Gasteiger partial charge in [-0.15, -0.1) is 0 Å². The van der Waals surface area contributed by atoms with Gasteiger partial charge in [0.05, 0.1) is 5.75 Å². The van der Waals surface area contributed by atoms with Gasteiger partial charge in [-0.2, -0.15) is 4.98 Å². The van der Waals surface area contributed by atoms with Crippen LogP contribution < -0.4 is 0 Å². The van der Waals surface area contributed by atoms with Crippen LogP contribution in [0.4, 0.5) is 0 Å². The van der Waals surface area contributed by atoms with E-state index in [0.717, 1.165) is 36.4 Å². The first-order chi connectivity index (χ1) is 11.0. The lowest BCUT2D eigenvalue weighted by atomic mass is 10.1. The Morgan fingerprint density at radius 2 is 2.17 bits per heavy atom. The molecule has 3 rings (SSSR count). The van der Waals surface area contributed by atoms with Crippen LogP contribution in [0.1, 0.15) is 57.2 Å². The summed E-state index contributed by atoms with van der Waals surface area (Å²) in [5.74, 6) is 1.28. The van der Waals surface area contributed by atoms with Crippen LogP contribution >= 0.6 is 0 Å². The Morgan fingerprint density at radius 1 is 1.35 bits per heavy atom. The summed E-state index contributed by atoms with van der Waals surface area (Å²) in [6, 6.07) is -0.120. The largest absolute Gasteiger partial charge is 0.339 e. The molecule has 0 N–H and O–H groups in total. The van der Waals surface area contributed by atoms with E-state index in [1.54, 1.807) is 0 Å². The summed E-state index contributed by atoms with van der Waals surface area (Å²) >= 11 is 0. The number of aromatic nitrogens is 2. The molecule has 7 nitrogen and oxygen atoms in total. The van der Waals surface area contributed by atoms with E-state index in [4.69, 9.17) is 4.52 Å². The highest BCUT2D eigenvalue weighted by atomic mass is 32.2. The zero-order valence-electron chi connectivity index (χ0n) is 13.4. The summed E-state index contributed by atoms with van der Waals surface area (Å²) in [7, 11) is -3.42. The number of carbonyl (C=O) groups excluding carboxylic acids is 1. The highest BCUT2D eigenvalue weighted by molar-refractivity contribution is 7.89. The van der Waals surface area contributed by atoms with Crippen LogP contribution in [-0.4, -0.2) is 40.6 Å². The van der Waals surface area contributed by atoms with E-state index >= 15 is 0 Å². The zero-order chi connectivity index (χ0) is 16.4. The molecule has 1 aliphatic carbocycles. The van der Waals surface area contributed by atoms with Crippen molar-refractivity contribution >= 4 is 15.9 Å². The molecule has 1 aromatic heterocycles. The second kappa shape index (κ2) is 6.59. The standard InChI is InChI=1S/C15H23N3O4S/c1-2-4-13-16-14(22-17-13)5-3-6-15(19)18-12-8-7-11(9-12)10-23(18,20)21/h11-12H,2-10H2,1H3/t11-,12+/m0/s1. The fourth-order valence-electron chi connectivity index (χ4n) is 3.59. The highest BCUT2D eigenvalue weighted by Gasteiger charge is 2.45. The molecule has 23 heavy (non-hydrogen) atoms. The number of sulfonamides is 1. The van der Waals surface area contributed by atoms with E-state index in [-0.39, 0.29) is 30.0 Å². The Bertz CT molecular complexity index is 670. The summed E-state index contributed by atoms with van der Waals surface area (Å²) in [6.45, 7) is 2.04. The lowest BCUT2D eigenvalue weighted by molar-refractivity contribution is -0.128. The van der Waals surface area contributed by atoms with Gasteiger partial charge < -0.3 is 4.52 Å². The fraction of sp³-hybridized carbons (Fsp3) is 0.800. The van der Waals surface area contributed by atoms with Gasteiger partial charge in [0.1, 0.15) is 0 Å². The monoisotopic (exact) mass is 341 g/mol. The summed E-state index contributed by atoms with van der Waals surface area (Å²) in [4.78, 5) is 16.6. The van der Waals surface area contributed by atoms with E-state index in [0.29, 0.717) is 24.6 Å². The Hall–Kier alpha value is -1.44. The van der Waals surface area contributed by atoms with Gasteiger partial charge in [0.15, 0.2) is 5.82 Å². The lowest BCUT2D eigenvalue weighted by Crippen LogP contribution is -2.48. The van der Waals surface area contributed by atoms with Crippen LogP contribution in [0.3, 0.4) is 0 Å². The van der Waals surface area contributed by atoms with Crippen molar-refractivity contribution < 1.29 is 17.7 Å². The minimum absolute atomic E-state index is 0.120. The molecule has 2 fully saturated rings. The molecule has 2 bridgehead atoms.